The van der Waals surface area contributed by atoms with Crippen LogP contribution in [-0.4, -0.2) is 73.0 Å². The molecule has 2 aromatic carbocycles. The zero-order valence-electron chi connectivity index (χ0n) is 20.9. The van der Waals surface area contributed by atoms with Gasteiger partial charge < -0.3 is 9.64 Å². The second kappa shape index (κ2) is 11.9. The molecule has 0 aliphatic carbocycles. The average Bonchev–Trinajstić information content (AvgIpc) is 2.94. The predicted octanol–water partition coefficient (Wildman–Crippen LogP) is 3.64. The first-order valence-electron chi connectivity index (χ1n) is 12.8. The van der Waals surface area contributed by atoms with E-state index in [4.69, 9.17) is 4.74 Å². The number of hydrogen-bond acceptors (Lipinski definition) is 7. The molecule has 2 fully saturated rings. The van der Waals surface area contributed by atoms with Crippen molar-refractivity contribution in [2.75, 3.05) is 44.2 Å². The van der Waals surface area contributed by atoms with Gasteiger partial charge in [0.25, 0.3) is 0 Å². The van der Waals surface area contributed by atoms with Gasteiger partial charge in [0, 0.05) is 63.6 Å². The van der Waals surface area contributed by atoms with Crippen molar-refractivity contribution < 1.29 is 13.2 Å². The van der Waals surface area contributed by atoms with Gasteiger partial charge in [-0.3, -0.25) is 4.90 Å². The Balaban J connectivity index is 1.09. The molecule has 0 N–H and O–H groups in total. The highest BCUT2D eigenvalue weighted by Crippen LogP contribution is 2.23. The molecule has 2 aliphatic rings. The summed E-state index contributed by atoms with van der Waals surface area (Å²) in [6, 6.07) is 19.6. The van der Waals surface area contributed by atoms with Crippen molar-refractivity contribution in [3.63, 3.8) is 0 Å². The van der Waals surface area contributed by atoms with Crippen molar-refractivity contribution in [1.82, 2.24) is 19.2 Å². The van der Waals surface area contributed by atoms with E-state index in [-0.39, 0.29) is 6.10 Å². The molecule has 0 bridgehead atoms. The molecule has 2 saturated heterocycles. The van der Waals surface area contributed by atoms with Gasteiger partial charge in [0.05, 0.1) is 0 Å². The van der Waals surface area contributed by atoms with Gasteiger partial charge in [-0.2, -0.15) is 4.31 Å². The number of rotatable bonds is 8. The molecule has 0 unspecified atom stereocenters. The first-order chi connectivity index (χ1) is 18.0. The summed E-state index contributed by atoms with van der Waals surface area (Å²) >= 11 is 0. The molecule has 3 aromatic rings. The maximum Gasteiger partial charge on any atom is 0.236 e. The first-order valence-corrected chi connectivity index (χ1v) is 14.3. The first kappa shape index (κ1) is 25.4. The summed E-state index contributed by atoms with van der Waals surface area (Å²) in [5.74, 6) is 1.64. The summed E-state index contributed by atoms with van der Waals surface area (Å²) in [5.41, 5.74) is 2.09. The molecule has 8 nitrogen and oxygen atoms in total. The number of hydrogen-bond donors (Lipinski definition) is 0. The van der Waals surface area contributed by atoms with Crippen molar-refractivity contribution in [2.45, 2.75) is 25.5 Å². The lowest BCUT2D eigenvalue weighted by Gasteiger charge is -2.34. The van der Waals surface area contributed by atoms with Gasteiger partial charge in [0.2, 0.25) is 16.0 Å². The molecular formula is C28H33N5O3S. The van der Waals surface area contributed by atoms with Crippen LogP contribution in [0.2, 0.25) is 0 Å². The van der Waals surface area contributed by atoms with E-state index >= 15 is 0 Å². The lowest BCUT2D eigenvalue weighted by molar-refractivity contribution is 0.135. The maximum atomic E-state index is 12.7. The van der Waals surface area contributed by atoms with Crippen LogP contribution in [0.15, 0.2) is 78.5 Å². The molecule has 9 heteroatoms. The number of piperidine rings is 1. The Labute approximate surface area is 219 Å². The third-order valence-corrected chi connectivity index (χ3v) is 8.37. The number of sulfonamides is 1. The Kier molecular flexibility index (Phi) is 8.13. The lowest BCUT2D eigenvalue weighted by Crippen LogP contribution is -2.46. The normalized spacial score (nSPS) is 18.3. The van der Waals surface area contributed by atoms with Crippen LogP contribution in [0.4, 0.5) is 5.95 Å². The average molecular weight is 520 g/mol. The summed E-state index contributed by atoms with van der Waals surface area (Å²) in [6.07, 6.45) is 6.57. The zero-order valence-corrected chi connectivity index (χ0v) is 21.7. The Morgan fingerprint density at radius 2 is 1.59 bits per heavy atom. The number of nitrogens with zero attached hydrogens (tertiary/aromatic N) is 5. The zero-order chi connectivity index (χ0) is 25.5. The Hall–Kier alpha value is -3.27. The minimum absolute atomic E-state index is 0.00854. The highest BCUT2D eigenvalue weighted by molar-refractivity contribution is 7.92. The minimum atomic E-state index is -3.44. The highest BCUT2D eigenvalue weighted by Gasteiger charge is 2.27. The number of piperazine rings is 1. The molecule has 3 heterocycles. The Morgan fingerprint density at radius 3 is 2.32 bits per heavy atom. The van der Waals surface area contributed by atoms with E-state index in [1.807, 2.05) is 48.5 Å². The summed E-state index contributed by atoms with van der Waals surface area (Å²) in [5, 5.41) is 1.31. The van der Waals surface area contributed by atoms with Crippen LogP contribution < -0.4 is 9.64 Å². The fourth-order valence-corrected chi connectivity index (χ4v) is 5.97. The van der Waals surface area contributed by atoms with E-state index in [2.05, 4.69) is 31.9 Å². The van der Waals surface area contributed by atoms with Crippen LogP contribution in [0.5, 0.6) is 5.75 Å². The topological polar surface area (TPSA) is 78.9 Å². The van der Waals surface area contributed by atoms with Gasteiger partial charge >= 0.3 is 0 Å². The molecule has 1 aromatic heterocycles. The van der Waals surface area contributed by atoms with Gasteiger partial charge in [-0.1, -0.05) is 42.5 Å². The van der Waals surface area contributed by atoms with Crippen LogP contribution >= 0.6 is 0 Å². The quantitative estimate of drug-likeness (QED) is 0.450. The largest absolute Gasteiger partial charge is 0.490 e. The van der Waals surface area contributed by atoms with Crippen molar-refractivity contribution in [2.24, 2.45) is 0 Å². The Bertz CT molecular complexity index is 1270. The monoisotopic (exact) mass is 519 g/mol. The van der Waals surface area contributed by atoms with Crippen LogP contribution in [0.3, 0.4) is 0 Å². The number of ether oxygens (including phenoxy) is 1. The molecule has 5 rings (SSSR count). The predicted molar refractivity (Wildman–Crippen MR) is 146 cm³/mol. The van der Waals surface area contributed by atoms with E-state index in [1.54, 1.807) is 22.8 Å². The van der Waals surface area contributed by atoms with Gasteiger partial charge in [0.1, 0.15) is 11.9 Å². The molecule has 194 valence electrons. The van der Waals surface area contributed by atoms with Crippen LogP contribution in [0, 0.1) is 0 Å². The summed E-state index contributed by atoms with van der Waals surface area (Å²) in [4.78, 5) is 13.4. The molecule has 0 radical (unpaired) electrons. The second-order valence-corrected chi connectivity index (χ2v) is 11.3. The molecule has 0 saturated carbocycles. The maximum absolute atomic E-state index is 12.7. The van der Waals surface area contributed by atoms with Crippen LogP contribution in [0.25, 0.3) is 6.08 Å². The highest BCUT2D eigenvalue weighted by atomic mass is 32.2. The summed E-state index contributed by atoms with van der Waals surface area (Å²) in [6.45, 7) is 5.50. The standard InChI is InChI=1S/C28H33N5O3S/c34-37(35,21-12-24-6-2-1-3-7-24)33-15-10-26(11-16-33)36-27-9-4-8-25(22-27)23-31-17-19-32(20-18-31)28-29-13-5-14-30-28/h1-9,12-14,21-22,26H,10-11,15-20,23H2. The van der Waals surface area contributed by atoms with Gasteiger partial charge in [0.15, 0.2) is 0 Å². The van der Waals surface area contributed by atoms with Gasteiger partial charge in [-0.25, -0.2) is 18.4 Å². The SMILES string of the molecule is O=S(=O)(C=Cc1ccccc1)N1CCC(Oc2cccc(CN3CCN(c4ncccn4)CC3)c2)CC1. The van der Waals surface area contributed by atoms with Gasteiger partial charge in [-0.05, 0) is 48.2 Å². The fourth-order valence-electron chi connectivity index (χ4n) is 4.75. The second-order valence-electron chi connectivity index (χ2n) is 9.43. The van der Waals surface area contributed by atoms with Gasteiger partial charge in [-0.15, -0.1) is 0 Å². The van der Waals surface area contributed by atoms with Crippen molar-refractivity contribution in [3.8, 4) is 5.75 Å². The van der Waals surface area contributed by atoms with E-state index in [0.717, 1.165) is 50.0 Å². The van der Waals surface area contributed by atoms with E-state index in [1.165, 1.54) is 11.0 Å². The van der Waals surface area contributed by atoms with E-state index < -0.39 is 10.0 Å². The van der Waals surface area contributed by atoms with Crippen molar-refractivity contribution in [1.29, 1.82) is 0 Å². The fraction of sp³-hybridized carbons (Fsp3) is 0.357. The molecule has 37 heavy (non-hydrogen) atoms. The van der Waals surface area contributed by atoms with E-state index in [0.29, 0.717) is 25.9 Å². The molecular weight excluding hydrogens is 486 g/mol. The van der Waals surface area contributed by atoms with E-state index in [9.17, 15) is 8.42 Å². The van der Waals surface area contributed by atoms with Crippen LogP contribution in [-0.2, 0) is 16.6 Å². The molecule has 0 atom stereocenters. The molecule has 2 aliphatic heterocycles. The number of benzene rings is 2. The lowest BCUT2D eigenvalue weighted by atomic mass is 10.1. The number of aromatic nitrogens is 2. The van der Waals surface area contributed by atoms with Crippen LogP contribution in [0.1, 0.15) is 24.0 Å². The van der Waals surface area contributed by atoms with Crippen molar-refractivity contribution in [3.05, 3.63) is 89.6 Å². The molecule has 0 spiro atoms. The minimum Gasteiger partial charge on any atom is -0.490 e. The molecule has 0 amide bonds. The van der Waals surface area contributed by atoms with Crippen molar-refractivity contribution >= 4 is 22.0 Å². The third kappa shape index (κ3) is 6.94. The summed E-state index contributed by atoms with van der Waals surface area (Å²) < 4.78 is 33.3. The third-order valence-electron chi connectivity index (χ3n) is 6.81. The number of anilines is 1. The smallest absolute Gasteiger partial charge is 0.236 e. The Morgan fingerprint density at radius 1 is 0.865 bits per heavy atom. The summed E-state index contributed by atoms with van der Waals surface area (Å²) in [7, 11) is -3.44.